The van der Waals surface area contributed by atoms with Crippen LogP contribution in [0.1, 0.15) is 34.6 Å². The van der Waals surface area contributed by atoms with Gasteiger partial charge in [-0.15, -0.1) is 0 Å². The molecule has 6 rings (SSSR count). The first-order chi connectivity index (χ1) is 17.7. The number of aromatic amines is 1. The fourth-order valence-corrected chi connectivity index (χ4v) is 5.06. The van der Waals surface area contributed by atoms with Gasteiger partial charge in [0.05, 0.1) is 6.61 Å². The highest BCUT2D eigenvalue weighted by Crippen LogP contribution is 2.40. The summed E-state index contributed by atoms with van der Waals surface area (Å²) in [6, 6.07) is 11.4. The van der Waals surface area contributed by atoms with Crippen molar-refractivity contribution in [3.63, 3.8) is 0 Å². The first kappa shape index (κ1) is 23.3. The Morgan fingerprint density at radius 3 is 2.59 bits per heavy atom. The number of rotatable bonds is 5. The first-order valence-corrected chi connectivity index (χ1v) is 11.7. The highest BCUT2D eigenvalue weighted by atomic mass is 16.6. The second-order valence-corrected chi connectivity index (χ2v) is 9.26. The van der Waals surface area contributed by atoms with Crippen molar-refractivity contribution in [2.24, 2.45) is 0 Å². The van der Waals surface area contributed by atoms with Crippen molar-refractivity contribution >= 4 is 34.5 Å². The molecule has 1 fully saturated rings. The number of hydrogen-bond acceptors (Lipinski definition) is 10. The number of ether oxygens (including phenoxy) is 1. The molecule has 1 aliphatic carbocycles. The van der Waals surface area contributed by atoms with Gasteiger partial charge < -0.3 is 31.1 Å². The second-order valence-electron chi connectivity index (χ2n) is 9.26. The Morgan fingerprint density at radius 1 is 1.16 bits per heavy atom. The van der Waals surface area contributed by atoms with Gasteiger partial charge in [0.1, 0.15) is 18.3 Å². The van der Waals surface area contributed by atoms with Gasteiger partial charge in [-0.05, 0) is 53.8 Å². The van der Waals surface area contributed by atoms with Crippen LogP contribution in [-0.4, -0.2) is 65.5 Å². The van der Waals surface area contributed by atoms with Crippen molar-refractivity contribution in [1.29, 1.82) is 0 Å². The van der Waals surface area contributed by atoms with Crippen molar-refractivity contribution in [3.8, 4) is 11.1 Å². The number of benzene rings is 2. The van der Waals surface area contributed by atoms with E-state index in [4.69, 9.17) is 10.5 Å². The van der Waals surface area contributed by atoms with Gasteiger partial charge >= 0.3 is 0 Å². The Hall–Kier alpha value is -4.10. The molecule has 0 spiro atoms. The lowest BCUT2D eigenvalue weighted by atomic mass is 10.0. The molecule has 1 saturated heterocycles. The van der Waals surface area contributed by atoms with Crippen LogP contribution in [0.3, 0.4) is 0 Å². The van der Waals surface area contributed by atoms with E-state index in [9.17, 15) is 24.9 Å². The molecule has 0 saturated carbocycles. The van der Waals surface area contributed by atoms with Crippen LogP contribution in [0.2, 0.25) is 0 Å². The fraction of sp³-hybridized carbons (Fsp3) is 0.280. The monoisotopic (exact) mass is 504 g/mol. The molecule has 1 aliphatic heterocycles. The smallest absolute Gasteiger partial charge is 0.280 e. The van der Waals surface area contributed by atoms with E-state index in [0.29, 0.717) is 17.7 Å². The summed E-state index contributed by atoms with van der Waals surface area (Å²) in [5.41, 5.74) is 10.7. The number of nitrogens with one attached hydrogen (secondary N) is 2. The summed E-state index contributed by atoms with van der Waals surface area (Å²) in [5.74, 6) is -0.0194. The van der Waals surface area contributed by atoms with Gasteiger partial charge in [0.15, 0.2) is 23.2 Å². The van der Waals surface area contributed by atoms with Crippen LogP contribution in [0, 0.1) is 0 Å². The molecule has 2 aliphatic rings. The molecule has 4 unspecified atom stereocenters. The molecule has 12 nitrogen and oxygen atoms in total. The van der Waals surface area contributed by atoms with Gasteiger partial charge in [0, 0.05) is 11.3 Å². The molecule has 37 heavy (non-hydrogen) atoms. The van der Waals surface area contributed by atoms with Crippen LogP contribution in [0.4, 0.5) is 17.6 Å². The number of nitrogens with two attached hydrogens (primary N) is 1. The van der Waals surface area contributed by atoms with Crippen molar-refractivity contribution in [2.75, 3.05) is 17.7 Å². The van der Waals surface area contributed by atoms with Gasteiger partial charge in [-0.3, -0.25) is 19.1 Å². The van der Waals surface area contributed by atoms with Crippen LogP contribution in [0.25, 0.3) is 22.3 Å². The number of ketones is 1. The molecular formula is C25H24N6O6. The number of nitrogens with zero attached hydrogens (tertiary/aromatic N) is 3. The van der Waals surface area contributed by atoms with Crippen molar-refractivity contribution in [1.82, 2.24) is 19.5 Å². The van der Waals surface area contributed by atoms with Crippen LogP contribution in [-0.2, 0) is 11.2 Å². The van der Waals surface area contributed by atoms with Crippen LogP contribution in [0.15, 0.2) is 41.2 Å². The normalized spacial score (nSPS) is 22.3. The molecule has 2 aromatic carbocycles. The summed E-state index contributed by atoms with van der Waals surface area (Å²) in [4.78, 5) is 35.3. The number of aliphatic hydroxyl groups is 3. The van der Waals surface area contributed by atoms with E-state index >= 15 is 0 Å². The van der Waals surface area contributed by atoms with E-state index in [2.05, 4.69) is 20.3 Å². The second kappa shape index (κ2) is 8.49. The van der Waals surface area contributed by atoms with Gasteiger partial charge in [-0.2, -0.15) is 4.98 Å². The summed E-state index contributed by atoms with van der Waals surface area (Å²) in [6.07, 6.45) is -4.38. The minimum absolute atomic E-state index is 0.00845. The predicted octanol–water partition coefficient (Wildman–Crippen LogP) is 0.831. The lowest BCUT2D eigenvalue weighted by Crippen LogP contribution is -2.33. The number of carbonyl (C=O) groups excluding carboxylic acids is 1. The summed E-state index contributed by atoms with van der Waals surface area (Å²) < 4.78 is 7.06. The number of nitrogen functional groups attached to an aromatic ring is 1. The Labute approximate surface area is 209 Å². The van der Waals surface area contributed by atoms with Crippen LogP contribution >= 0.6 is 0 Å². The zero-order valence-corrected chi connectivity index (χ0v) is 19.7. The maximum Gasteiger partial charge on any atom is 0.280 e. The number of aromatic nitrogens is 4. The zero-order valence-electron chi connectivity index (χ0n) is 19.7. The number of fused-ring (bicyclic) bond motifs is 4. The molecule has 3 heterocycles. The first-order valence-electron chi connectivity index (χ1n) is 11.7. The van der Waals surface area contributed by atoms with Gasteiger partial charge in [-0.1, -0.05) is 18.2 Å². The van der Waals surface area contributed by atoms with E-state index in [1.165, 1.54) is 11.5 Å². The maximum atomic E-state index is 12.6. The molecule has 2 aromatic heterocycles. The lowest BCUT2D eigenvalue weighted by Gasteiger charge is -2.20. The van der Waals surface area contributed by atoms with E-state index in [1.807, 2.05) is 36.4 Å². The van der Waals surface area contributed by atoms with Gasteiger partial charge in [-0.25, -0.2) is 4.98 Å². The number of H-pyrrole nitrogens is 1. The third-order valence-corrected chi connectivity index (χ3v) is 6.88. The Kier molecular flexibility index (Phi) is 5.35. The standard InChI is InChI=1S/C25H24N6O6/c1-10(33)11-2-4-15-12(6-11)7-13-8-14(3-5-16(13)15)27-25-28-18-21(29-24(26)30-22(18)36)31(25)23-20(35)19(34)17(9-32)37-23/h2-6,8,17,19-20,23,32,34-35H,7,9H2,1H3,(H,27,28)(H3,26,29,30,36). The van der Waals surface area contributed by atoms with E-state index in [1.54, 1.807) is 0 Å². The van der Waals surface area contributed by atoms with Crippen LogP contribution < -0.4 is 16.6 Å². The third kappa shape index (κ3) is 3.69. The Balaban J connectivity index is 1.41. The number of imidazole rings is 1. The predicted molar refractivity (Wildman–Crippen MR) is 134 cm³/mol. The highest BCUT2D eigenvalue weighted by Gasteiger charge is 2.45. The van der Waals surface area contributed by atoms with Gasteiger partial charge in [0.25, 0.3) is 5.56 Å². The third-order valence-electron chi connectivity index (χ3n) is 6.88. The number of carbonyl (C=O) groups is 1. The average Bonchev–Trinajstić information content (AvgIpc) is 3.49. The van der Waals surface area contributed by atoms with Crippen molar-refractivity contribution in [2.45, 2.75) is 37.9 Å². The van der Waals surface area contributed by atoms with E-state index < -0.39 is 36.7 Å². The molecule has 190 valence electrons. The van der Waals surface area contributed by atoms with Gasteiger partial charge in [0.2, 0.25) is 11.9 Å². The quantitative estimate of drug-likeness (QED) is 0.187. The molecular weight excluding hydrogens is 480 g/mol. The summed E-state index contributed by atoms with van der Waals surface area (Å²) >= 11 is 0. The van der Waals surface area contributed by atoms with E-state index in [0.717, 1.165) is 22.3 Å². The number of anilines is 3. The number of hydrogen-bond donors (Lipinski definition) is 6. The van der Waals surface area contributed by atoms with E-state index in [-0.39, 0.29) is 28.8 Å². The minimum atomic E-state index is -1.43. The average molecular weight is 505 g/mol. The number of Topliss-reactive ketones (excluding diaryl/α,β-unsaturated/α-hetero) is 1. The Bertz CT molecular complexity index is 1630. The highest BCUT2D eigenvalue weighted by molar-refractivity contribution is 5.95. The molecule has 0 bridgehead atoms. The zero-order chi connectivity index (χ0) is 26.0. The summed E-state index contributed by atoms with van der Waals surface area (Å²) in [5, 5.41) is 33.7. The van der Waals surface area contributed by atoms with Crippen molar-refractivity contribution in [3.05, 3.63) is 63.4 Å². The van der Waals surface area contributed by atoms with Crippen molar-refractivity contribution < 1.29 is 24.9 Å². The maximum absolute atomic E-state index is 12.6. The molecule has 0 radical (unpaired) electrons. The SMILES string of the molecule is CC(=O)c1ccc2c(c1)Cc1cc(Nc3nc4c(=O)[nH]c(N)nc4n3C3OC(CO)C(O)C3O)ccc1-2. The fourth-order valence-electron chi connectivity index (χ4n) is 5.06. The number of aliphatic hydroxyl groups excluding tert-OH is 3. The molecule has 4 aromatic rings. The Morgan fingerprint density at radius 2 is 1.89 bits per heavy atom. The van der Waals surface area contributed by atoms with Crippen LogP contribution in [0.5, 0.6) is 0 Å². The topological polar surface area (TPSA) is 189 Å². The lowest BCUT2D eigenvalue weighted by molar-refractivity contribution is -0.0501. The molecule has 7 N–H and O–H groups in total. The summed E-state index contributed by atoms with van der Waals surface area (Å²) in [6.45, 7) is 1.02. The molecule has 4 atom stereocenters. The largest absolute Gasteiger partial charge is 0.394 e. The summed E-state index contributed by atoms with van der Waals surface area (Å²) in [7, 11) is 0. The molecule has 0 amide bonds. The minimum Gasteiger partial charge on any atom is -0.394 e. The molecule has 12 heteroatoms.